The van der Waals surface area contributed by atoms with Crippen molar-refractivity contribution in [1.82, 2.24) is 15.2 Å². The van der Waals surface area contributed by atoms with E-state index in [1.807, 2.05) is 13.0 Å². The van der Waals surface area contributed by atoms with Gasteiger partial charge in [-0.1, -0.05) is 48.4 Å². The minimum absolute atomic E-state index is 0.216. The maximum absolute atomic E-state index is 12.6. The van der Waals surface area contributed by atoms with Crippen LogP contribution in [0.2, 0.25) is 5.02 Å². The van der Waals surface area contributed by atoms with Gasteiger partial charge in [-0.2, -0.15) is 0 Å². The fraction of sp³-hybridized carbons (Fsp3) is 0.429. The topological polar surface area (TPSA) is 54.5 Å². The Labute approximate surface area is 165 Å². The Hall–Kier alpha value is -2.11. The molecule has 1 saturated heterocycles. The maximum atomic E-state index is 12.6. The monoisotopic (exact) mass is 387 g/mol. The van der Waals surface area contributed by atoms with E-state index in [1.54, 1.807) is 12.1 Å². The fourth-order valence-corrected chi connectivity index (χ4v) is 3.61. The molecule has 0 saturated carbocycles. The van der Waals surface area contributed by atoms with Gasteiger partial charge in [0.25, 0.3) is 5.91 Å². The SMILES string of the molecule is CCOc1ccc(Cl)c(C(=O)NCC2CCCCN2Cc2ccccc2)n1. The highest BCUT2D eigenvalue weighted by Crippen LogP contribution is 2.21. The Kier molecular flexibility index (Phi) is 7.07. The summed E-state index contributed by atoms with van der Waals surface area (Å²) in [5.41, 5.74) is 1.51. The number of carbonyl (C=O) groups is 1. The van der Waals surface area contributed by atoms with Crippen LogP contribution in [0.15, 0.2) is 42.5 Å². The van der Waals surface area contributed by atoms with Gasteiger partial charge in [0.05, 0.1) is 11.6 Å². The molecule has 27 heavy (non-hydrogen) atoms. The highest BCUT2D eigenvalue weighted by atomic mass is 35.5. The molecule has 1 unspecified atom stereocenters. The van der Waals surface area contributed by atoms with Crippen LogP contribution in [0.5, 0.6) is 5.88 Å². The minimum atomic E-state index is -0.258. The van der Waals surface area contributed by atoms with E-state index in [4.69, 9.17) is 16.3 Å². The van der Waals surface area contributed by atoms with Gasteiger partial charge in [-0.15, -0.1) is 0 Å². The molecule has 0 spiro atoms. The van der Waals surface area contributed by atoms with Crippen LogP contribution in [-0.4, -0.2) is 41.5 Å². The number of piperidine rings is 1. The van der Waals surface area contributed by atoms with Gasteiger partial charge in [-0.25, -0.2) is 4.98 Å². The van der Waals surface area contributed by atoms with E-state index in [0.29, 0.717) is 30.1 Å². The lowest BCUT2D eigenvalue weighted by Crippen LogP contribution is -2.46. The second-order valence-corrected chi connectivity index (χ2v) is 7.14. The lowest BCUT2D eigenvalue weighted by Gasteiger charge is -2.35. The smallest absolute Gasteiger partial charge is 0.271 e. The number of ether oxygens (including phenoxy) is 1. The number of rotatable bonds is 7. The van der Waals surface area contributed by atoms with Gasteiger partial charge in [0.15, 0.2) is 5.69 Å². The molecule has 1 atom stereocenters. The third-order valence-corrected chi connectivity index (χ3v) is 5.11. The van der Waals surface area contributed by atoms with Crippen molar-refractivity contribution in [3.05, 3.63) is 58.7 Å². The van der Waals surface area contributed by atoms with Crippen molar-refractivity contribution < 1.29 is 9.53 Å². The van der Waals surface area contributed by atoms with E-state index in [0.717, 1.165) is 19.5 Å². The van der Waals surface area contributed by atoms with Crippen molar-refractivity contribution in [3.63, 3.8) is 0 Å². The molecule has 5 nitrogen and oxygen atoms in total. The first-order valence-corrected chi connectivity index (χ1v) is 9.90. The predicted molar refractivity (Wildman–Crippen MR) is 107 cm³/mol. The average Bonchev–Trinajstić information content (AvgIpc) is 2.69. The largest absolute Gasteiger partial charge is 0.478 e. The molecule has 1 aliphatic rings. The van der Waals surface area contributed by atoms with Crippen molar-refractivity contribution in [2.45, 2.75) is 38.8 Å². The van der Waals surface area contributed by atoms with Gasteiger partial charge in [0.2, 0.25) is 5.88 Å². The molecule has 1 N–H and O–H groups in total. The maximum Gasteiger partial charge on any atom is 0.271 e. The third kappa shape index (κ3) is 5.44. The molecule has 144 valence electrons. The highest BCUT2D eigenvalue weighted by Gasteiger charge is 2.24. The summed E-state index contributed by atoms with van der Waals surface area (Å²) in [6.45, 7) is 4.91. The molecule has 1 aromatic carbocycles. The standard InChI is InChI=1S/C21H26ClN3O2/c1-2-27-19-12-11-18(22)20(24-19)21(26)23-14-17-10-6-7-13-25(17)15-16-8-4-3-5-9-16/h3-5,8-9,11-12,17H,2,6-7,10,13-15H2,1H3,(H,23,26). The first-order chi connectivity index (χ1) is 13.2. The number of benzene rings is 1. The second kappa shape index (κ2) is 9.72. The van der Waals surface area contributed by atoms with Crippen LogP contribution in [0.1, 0.15) is 42.2 Å². The number of hydrogen-bond acceptors (Lipinski definition) is 4. The van der Waals surface area contributed by atoms with Crippen LogP contribution in [0.25, 0.3) is 0 Å². The van der Waals surface area contributed by atoms with E-state index in [-0.39, 0.29) is 11.6 Å². The number of pyridine rings is 1. The number of carbonyl (C=O) groups excluding carboxylic acids is 1. The quantitative estimate of drug-likeness (QED) is 0.782. The molecule has 1 aliphatic heterocycles. The van der Waals surface area contributed by atoms with Crippen LogP contribution in [-0.2, 0) is 6.54 Å². The van der Waals surface area contributed by atoms with Gasteiger partial charge < -0.3 is 10.1 Å². The normalized spacial score (nSPS) is 17.5. The zero-order valence-corrected chi connectivity index (χ0v) is 16.4. The Morgan fingerprint density at radius 2 is 2.07 bits per heavy atom. The Morgan fingerprint density at radius 1 is 1.26 bits per heavy atom. The highest BCUT2D eigenvalue weighted by molar-refractivity contribution is 6.33. The number of nitrogens with zero attached hydrogens (tertiary/aromatic N) is 2. The molecular weight excluding hydrogens is 362 g/mol. The Morgan fingerprint density at radius 3 is 2.85 bits per heavy atom. The second-order valence-electron chi connectivity index (χ2n) is 6.73. The number of hydrogen-bond donors (Lipinski definition) is 1. The number of nitrogens with one attached hydrogen (secondary N) is 1. The average molecular weight is 388 g/mol. The minimum Gasteiger partial charge on any atom is -0.478 e. The summed E-state index contributed by atoms with van der Waals surface area (Å²) in [6.07, 6.45) is 3.46. The molecule has 3 rings (SSSR count). The number of amides is 1. The zero-order valence-electron chi connectivity index (χ0n) is 15.7. The summed E-state index contributed by atoms with van der Waals surface area (Å²) in [5, 5.41) is 3.35. The Bertz CT molecular complexity index is 754. The van der Waals surface area contributed by atoms with Gasteiger partial charge in [-0.05, 0) is 37.9 Å². The summed E-state index contributed by atoms with van der Waals surface area (Å²) < 4.78 is 5.37. The molecule has 2 heterocycles. The molecule has 0 bridgehead atoms. The molecular formula is C21H26ClN3O2. The van der Waals surface area contributed by atoms with Crippen molar-refractivity contribution in [3.8, 4) is 5.88 Å². The summed E-state index contributed by atoms with van der Waals surface area (Å²) in [5.74, 6) is 0.155. The van der Waals surface area contributed by atoms with Crippen molar-refractivity contribution in [2.24, 2.45) is 0 Å². The van der Waals surface area contributed by atoms with E-state index < -0.39 is 0 Å². The number of likely N-dealkylation sites (tertiary alicyclic amines) is 1. The van der Waals surface area contributed by atoms with Crippen LogP contribution in [0.3, 0.4) is 0 Å². The molecule has 1 aromatic heterocycles. The van der Waals surface area contributed by atoms with Gasteiger partial charge in [-0.3, -0.25) is 9.69 Å². The number of halogens is 1. The van der Waals surface area contributed by atoms with Crippen molar-refractivity contribution >= 4 is 17.5 Å². The van der Waals surface area contributed by atoms with E-state index >= 15 is 0 Å². The summed E-state index contributed by atoms with van der Waals surface area (Å²) >= 11 is 6.16. The van der Waals surface area contributed by atoms with E-state index in [1.165, 1.54) is 18.4 Å². The number of aromatic nitrogens is 1. The lowest BCUT2D eigenvalue weighted by atomic mass is 10.0. The van der Waals surface area contributed by atoms with Gasteiger partial charge in [0.1, 0.15) is 0 Å². The molecule has 2 aromatic rings. The summed E-state index contributed by atoms with van der Waals surface area (Å²) in [6, 6.07) is 14.1. The van der Waals surface area contributed by atoms with E-state index in [9.17, 15) is 4.79 Å². The molecule has 6 heteroatoms. The summed E-state index contributed by atoms with van der Waals surface area (Å²) in [4.78, 5) is 19.3. The van der Waals surface area contributed by atoms with Crippen LogP contribution < -0.4 is 10.1 Å². The fourth-order valence-electron chi connectivity index (χ4n) is 3.42. The van der Waals surface area contributed by atoms with Crippen LogP contribution in [0, 0.1) is 0 Å². The van der Waals surface area contributed by atoms with Gasteiger partial charge >= 0.3 is 0 Å². The molecule has 1 fully saturated rings. The van der Waals surface area contributed by atoms with Crippen molar-refractivity contribution in [1.29, 1.82) is 0 Å². The predicted octanol–water partition coefficient (Wildman–Crippen LogP) is 3.92. The summed E-state index contributed by atoms with van der Waals surface area (Å²) in [7, 11) is 0. The van der Waals surface area contributed by atoms with Crippen molar-refractivity contribution in [2.75, 3.05) is 19.7 Å². The first-order valence-electron chi connectivity index (χ1n) is 9.53. The molecule has 1 amide bonds. The molecule has 0 aliphatic carbocycles. The zero-order chi connectivity index (χ0) is 19.1. The first kappa shape index (κ1) is 19.6. The lowest BCUT2D eigenvalue weighted by molar-refractivity contribution is 0.0902. The van der Waals surface area contributed by atoms with Crippen LogP contribution in [0.4, 0.5) is 0 Å². The van der Waals surface area contributed by atoms with E-state index in [2.05, 4.69) is 39.5 Å². The van der Waals surface area contributed by atoms with Crippen LogP contribution >= 0.6 is 11.6 Å². The van der Waals surface area contributed by atoms with Gasteiger partial charge in [0, 0.05) is 25.2 Å². The molecule has 0 radical (unpaired) electrons. The Balaban J connectivity index is 1.62. The third-order valence-electron chi connectivity index (χ3n) is 4.80.